The Hall–Kier alpha value is -1.86. The van der Waals surface area contributed by atoms with Crippen LogP contribution in [-0.2, 0) is 41.9 Å². The van der Waals surface area contributed by atoms with Crippen molar-refractivity contribution in [3.63, 3.8) is 0 Å². The molecule has 2 aliphatic heterocycles. The van der Waals surface area contributed by atoms with Crippen LogP contribution in [0.3, 0.4) is 0 Å². The van der Waals surface area contributed by atoms with Gasteiger partial charge in [-0.15, -0.1) is 0 Å². The number of hydrogen-bond donors (Lipinski definition) is 1. The van der Waals surface area contributed by atoms with Crippen LogP contribution in [0.5, 0.6) is 0 Å². The molecule has 3 heterocycles. The maximum absolute atomic E-state index is 13.4. The van der Waals surface area contributed by atoms with Gasteiger partial charge in [-0.3, -0.25) is 32.7 Å². The van der Waals surface area contributed by atoms with Crippen LogP contribution in [0.25, 0.3) is 0 Å². The molecule has 14 heteroatoms. The molecule has 0 bridgehead atoms. The Kier molecular flexibility index (Phi) is 10.3. The summed E-state index contributed by atoms with van der Waals surface area (Å²) in [6, 6.07) is 1.16. The van der Waals surface area contributed by atoms with E-state index in [9.17, 15) is 18.9 Å². The van der Waals surface area contributed by atoms with Gasteiger partial charge in [0.1, 0.15) is 24.9 Å². The fourth-order valence-electron chi connectivity index (χ4n) is 3.90. The number of phosphoric acid groups is 1. The predicted molar refractivity (Wildman–Crippen MR) is 130 cm³/mol. The molecule has 2 saturated heterocycles. The summed E-state index contributed by atoms with van der Waals surface area (Å²) < 4.78 is 54.6. The molecule has 13 nitrogen and oxygen atoms in total. The number of carbonyl (C=O) groups excluding carboxylic acids is 1. The minimum Gasteiger partial charge on any atom is -0.462 e. The molecule has 0 radical (unpaired) electrons. The summed E-state index contributed by atoms with van der Waals surface area (Å²) in [5.74, 6) is -0.495. The topological polar surface area (TPSA) is 154 Å². The average molecular weight is 549 g/mol. The van der Waals surface area contributed by atoms with Crippen molar-refractivity contribution in [3.8, 4) is 0 Å². The molecular weight excluding hydrogens is 511 g/mol. The first-order valence-corrected chi connectivity index (χ1v) is 13.9. The number of rotatable bonds is 11. The maximum Gasteiger partial charge on any atom is 0.475 e. The summed E-state index contributed by atoms with van der Waals surface area (Å²) in [5.41, 5.74) is -2.13. The SMILES string of the molecule is CCOP(=O)(OCC)O[C@H]1[C@@H](OC2CCCCO2)[C@H](n2ccc(=O)[nH]c2=O)O[C@@H]1COC(=O)C(C)(C)C. The molecule has 0 saturated carbocycles. The number of ether oxygens (including phenoxy) is 4. The first-order valence-electron chi connectivity index (χ1n) is 12.5. The predicted octanol–water partition coefficient (Wildman–Crippen LogP) is 2.50. The van der Waals surface area contributed by atoms with Crippen LogP contribution in [0.15, 0.2) is 21.9 Å². The smallest absolute Gasteiger partial charge is 0.462 e. The van der Waals surface area contributed by atoms with Crippen molar-refractivity contribution in [1.29, 1.82) is 0 Å². The van der Waals surface area contributed by atoms with Gasteiger partial charge < -0.3 is 18.9 Å². The molecule has 1 aromatic heterocycles. The third-order valence-corrected chi connectivity index (χ3v) is 7.32. The lowest BCUT2D eigenvalue weighted by Gasteiger charge is -2.32. The van der Waals surface area contributed by atoms with Gasteiger partial charge in [0.05, 0.1) is 18.6 Å². The molecule has 0 aliphatic carbocycles. The summed E-state index contributed by atoms with van der Waals surface area (Å²) in [6.07, 6.45) is -1.49. The number of nitrogens with one attached hydrogen (secondary N) is 1. The van der Waals surface area contributed by atoms with E-state index in [-0.39, 0.29) is 19.8 Å². The molecule has 37 heavy (non-hydrogen) atoms. The Morgan fingerprint density at radius 1 is 1.16 bits per heavy atom. The fraction of sp³-hybridized carbons (Fsp3) is 0.783. The van der Waals surface area contributed by atoms with Crippen molar-refractivity contribution in [2.45, 2.75) is 84.7 Å². The molecule has 2 fully saturated rings. The van der Waals surface area contributed by atoms with E-state index in [0.717, 1.165) is 23.5 Å². The van der Waals surface area contributed by atoms with E-state index in [1.807, 2.05) is 0 Å². The van der Waals surface area contributed by atoms with Gasteiger partial charge in [-0.1, -0.05) is 0 Å². The molecule has 3 rings (SSSR count). The molecule has 1 aromatic rings. The highest BCUT2D eigenvalue weighted by Crippen LogP contribution is 2.53. The van der Waals surface area contributed by atoms with E-state index >= 15 is 0 Å². The number of aromatic nitrogens is 2. The van der Waals surface area contributed by atoms with Crippen LogP contribution in [0.2, 0.25) is 0 Å². The number of aromatic amines is 1. The van der Waals surface area contributed by atoms with Crippen LogP contribution < -0.4 is 11.2 Å². The normalized spacial score (nSPS) is 26.8. The van der Waals surface area contributed by atoms with Gasteiger partial charge in [-0.2, -0.15) is 0 Å². The lowest BCUT2D eigenvalue weighted by Crippen LogP contribution is -2.43. The van der Waals surface area contributed by atoms with Crippen LogP contribution in [-0.4, -0.2) is 66.5 Å². The van der Waals surface area contributed by atoms with Gasteiger partial charge in [0.2, 0.25) is 0 Å². The average Bonchev–Trinajstić information content (AvgIpc) is 3.14. The van der Waals surface area contributed by atoms with Gasteiger partial charge in [0, 0.05) is 18.9 Å². The first kappa shape index (κ1) is 29.7. The monoisotopic (exact) mass is 548 g/mol. The number of H-pyrrole nitrogens is 1. The van der Waals surface area contributed by atoms with E-state index in [1.165, 1.54) is 6.20 Å². The maximum atomic E-state index is 13.4. The van der Waals surface area contributed by atoms with E-state index in [0.29, 0.717) is 13.0 Å². The van der Waals surface area contributed by atoms with Gasteiger partial charge in [0.15, 0.2) is 12.5 Å². The van der Waals surface area contributed by atoms with Crippen LogP contribution in [0.1, 0.15) is 60.1 Å². The third kappa shape index (κ3) is 7.82. The summed E-state index contributed by atoms with van der Waals surface area (Å²) in [6.45, 7) is 8.63. The van der Waals surface area contributed by atoms with E-state index in [4.69, 9.17) is 32.5 Å². The zero-order valence-corrected chi connectivity index (χ0v) is 22.8. The molecule has 2 aliphatic rings. The lowest BCUT2D eigenvalue weighted by molar-refractivity contribution is -0.215. The minimum atomic E-state index is -4.10. The molecule has 1 unspecified atom stereocenters. The zero-order chi connectivity index (χ0) is 27.2. The molecule has 210 valence electrons. The van der Waals surface area contributed by atoms with Gasteiger partial charge in [0.25, 0.3) is 5.56 Å². The lowest BCUT2D eigenvalue weighted by atomic mass is 9.97. The standard InChI is InChI=1S/C23H37N2O11P/c1-6-32-37(29,33-7-2)36-18-15(14-31-21(27)23(3,4)5)34-20(25-12-11-16(26)24-22(25)28)19(18)35-17-10-8-9-13-30-17/h11-12,15,17-20H,6-10,13-14H2,1-5H3,(H,24,26,28)/t15-,17?,18-,19-,20-/m1/s1. The molecule has 5 atom stereocenters. The molecule has 0 aromatic carbocycles. The summed E-state index contributed by atoms with van der Waals surface area (Å²) >= 11 is 0. The quantitative estimate of drug-likeness (QED) is 0.320. The summed E-state index contributed by atoms with van der Waals surface area (Å²) in [5, 5.41) is 0. The van der Waals surface area contributed by atoms with Crippen LogP contribution in [0, 0.1) is 5.41 Å². The number of esters is 1. The largest absolute Gasteiger partial charge is 0.475 e. The molecule has 0 amide bonds. The van der Waals surface area contributed by atoms with Crippen molar-refractivity contribution >= 4 is 13.8 Å². The van der Waals surface area contributed by atoms with E-state index in [2.05, 4.69) is 4.98 Å². The third-order valence-electron chi connectivity index (χ3n) is 5.67. The number of carbonyl (C=O) groups is 1. The molecule has 0 spiro atoms. The van der Waals surface area contributed by atoms with Gasteiger partial charge >= 0.3 is 19.5 Å². The zero-order valence-electron chi connectivity index (χ0n) is 21.9. The Morgan fingerprint density at radius 2 is 1.86 bits per heavy atom. The molecule has 1 N–H and O–H groups in total. The Morgan fingerprint density at radius 3 is 2.43 bits per heavy atom. The molecular formula is C23H37N2O11P. The highest BCUT2D eigenvalue weighted by atomic mass is 31.2. The number of phosphoric ester groups is 1. The van der Waals surface area contributed by atoms with Crippen molar-refractivity contribution in [2.75, 3.05) is 26.4 Å². The van der Waals surface area contributed by atoms with Crippen molar-refractivity contribution in [3.05, 3.63) is 33.1 Å². The summed E-state index contributed by atoms with van der Waals surface area (Å²) in [7, 11) is -4.10. The van der Waals surface area contributed by atoms with E-state index < -0.39 is 61.3 Å². The van der Waals surface area contributed by atoms with Crippen molar-refractivity contribution < 1.29 is 41.9 Å². The Balaban J connectivity index is 2.00. The first-order chi connectivity index (χ1) is 17.5. The fourth-order valence-corrected chi connectivity index (χ4v) is 5.28. The second-order valence-electron chi connectivity index (χ2n) is 9.68. The van der Waals surface area contributed by atoms with Gasteiger partial charge in [-0.05, 0) is 53.9 Å². The Bertz CT molecular complexity index is 1050. The van der Waals surface area contributed by atoms with Crippen LogP contribution >= 0.6 is 7.82 Å². The van der Waals surface area contributed by atoms with E-state index in [1.54, 1.807) is 34.6 Å². The summed E-state index contributed by atoms with van der Waals surface area (Å²) in [4.78, 5) is 39.0. The van der Waals surface area contributed by atoms with Gasteiger partial charge in [-0.25, -0.2) is 9.36 Å². The number of nitrogens with zero attached hydrogens (tertiary/aromatic N) is 1. The number of hydrogen-bond acceptors (Lipinski definition) is 11. The highest BCUT2D eigenvalue weighted by Gasteiger charge is 2.52. The second kappa shape index (κ2) is 12.8. The minimum absolute atomic E-state index is 0.0363. The highest BCUT2D eigenvalue weighted by molar-refractivity contribution is 7.48. The van der Waals surface area contributed by atoms with Crippen molar-refractivity contribution in [1.82, 2.24) is 9.55 Å². The van der Waals surface area contributed by atoms with Crippen LogP contribution in [0.4, 0.5) is 0 Å². The Labute approximate surface area is 215 Å². The van der Waals surface area contributed by atoms with Crippen molar-refractivity contribution in [2.24, 2.45) is 5.41 Å². The second-order valence-corrected chi connectivity index (χ2v) is 11.3.